The fraction of sp³-hybridized carbons (Fsp3) is 0.160. The maximum atomic E-state index is 13.1. The molecule has 3 aromatic carbocycles. The molecule has 8 heteroatoms. The monoisotopic (exact) mass is 464 g/mol. The Morgan fingerprint density at radius 2 is 1.55 bits per heavy atom. The molecule has 33 heavy (non-hydrogen) atoms. The van der Waals surface area contributed by atoms with Crippen LogP contribution in [0.25, 0.3) is 11.1 Å². The molecule has 170 valence electrons. The van der Waals surface area contributed by atoms with Gasteiger partial charge in [0.25, 0.3) is 0 Å². The number of nitrogen functional groups attached to an aromatic ring is 1. The topological polar surface area (TPSA) is 111 Å². The number of hydrogen-bond donors (Lipinski definition) is 3. The largest absolute Gasteiger partial charge is 0.481 e. The molecule has 7 nitrogen and oxygen atoms in total. The minimum Gasteiger partial charge on any atom is -0.481 e. The number of halogens is 1. The van der Waals surface area contributed by atoms with Gasteiger partial charge in [-0.05, 0) is 28.8 Å². The van der Waals surface area contributed by atoms with Crippen LogP contribution in [0.3, 0.4) is 0 Å². The molecule has 1 heterocycles. The van der Waals surface area contributed by atoms with Crippen molar-refractivity contribution in [2.45, 2.75) is 12.5 Å². The van der Waals surface area contributed by atoms with E-state index >= 15 is 0 Å². The van der Waals surface area contributed by atoms with Gasteiger partial charge in [-0.2, -0.15) is 0 Å². The van der Waals surface area contributed by atoms with E-state index in [2.05, 4.69) is 0 Å². The first-order valence-electron chi connectivity index (χ1n) is 10.3. The highest BCUT2D eigenvalue weighted by Gasteiger charge is 2.39. The third kappa shape index (κ3) is 5.15. The highest BCUT2D eigenvalue weighted by Crippen LogP contribution is 2.35. The molecular weight excluding hydrogens is 440 g/mol. The number of benzene rings is 3. The molecule has 0 saturated carbocycles. The van der Waals surface area contributed by atoms with Crippen molar-refractivity contribution in [3.8, 4) is 11.1 Å². The van der Waals surface area contributed by atoms with Crippen LogP contribution in [-0.2, 0) is 4.79 Å². The Labute approximate surface area is 198 Å². The van der Waals surface area contributed by atoms with Crippen LogP contribution >= 0.6 is 12.4 Å². The number of rotatable bonds is 7. The smallest absolute Gasteiger partial charge is 0.325 e. The molecule has 0 spiro atoms. The number of amidine groups is 1. The third-order valence-corrected chi connectivity index (χ3v) is 5.64. The molecule has 0 aromatic heterocycles. The van der Waals surface area contributed by atoms with Crippen molar-refractivity contribution >= 4 is 35.9 Å². The van der Waals surface area contributed by atoms with E-state index in [9.17, 15) is 9.59 Å². The summed E-state index contributed by atoms with van der Waals surface area (Å²) in [5.41, 5.74) is 9.98. The van der Waals surface area contributed by atoms with Gasteiger partial charge in [0.2, 0.25) is 0 Å². The van der Waals surface area contributed by atoms with Crippen LogP contribution in [0.4, 0.5) is 10.5 Å². The summed E-state index contributed by atoms with van der Waals surface area (Å²) in [4.78, 5) is 27.5. The van der Waals surface area contributed by atoms with Crippen LogP contribution in [0, 0.1) is 5.41 Å². The van der Waals surface area contributed by atoms with Gasteiger partial charge in [0.05, 0.1) is 12.5 Å². The maximum absolute atomic E-state index is 13.1. The Bertz CT molecular complexity index is 1130. The third-order valence-electron chi connectivity index (χ3n) is 5.64. The Morgan fingerprint density at radius 1 is 0.970 bits per heavy atom. The molecule has 1 unspecified atom stereocenters. The molecule has 0 radical (unpaired) electrons. The van der Waals surface area contributed by atoms with Gasteiger partial charge in [0.15, 0.2) is 0 Å². The van der Waals surface area contributed by atoms with E-state index in [1.807, 2.05) is 78.9 Å². The van der Waals surface area contributed by atoms with Gasteiger partial charge in [-0.25, -0.2) is 4.79 Å². The number of anilines is 1. The quantitative estimate of drug-likeness (QED) is 0.352. The highest BCUT2D eigenvalue weighted by molar-refractivity contribution is 5.96. The lowest BCUT2D eigenvalue weighted by Crippen LogP contribution is -2.33. The van der Waals surface area contributed by atoms with E-state index in [-0.39, 0.29) is 43.3 Å². The lowest BCUT2D eigenvalue weighted by molar-refractivity contribution is -0.137. The predicted octanol–water partition coefficient (Wildman–Crippen LogP) is 4.52. The van der Waals surface area contributed by atoms with E-state index < -0.39 is 5.97 Å². The first-order chi connectivity index (χ1) is 15.4. The molecule has 1 aliphatic heterocycles. The predicted molar refractivity (Wildman–Crippen MR) is 131 cm³/mol. The van der Waals surface area contributed by atoms with Crippen molar-refractivity contribution < 1.29 is 14.7 Å². The van der Waals surface area contributed by atoms with Crippen molar-refractivity contribution in [1.82, 2.24) is 4.90 Å². The van der Waals surface area contributed by atoms with E-state index in [0.717, 1.165) is 22.4 Å². The van der Waals surface area contributed by atoms with E-state index in [1.54, 1.807) is 9.80 Å². The zero-order valence-corrected chi connectivity index (χ0v) is 18.7. The molecule has 0 aliphatic carbocycles. The Balaban J connectivity index is 0.00000306. The van der Waals surface area contributed by atoms with Crippen molar-refractivity contribution in [2.75, 3.05) is 18.0 Å². The Hall–Kier alpha value is -3.84. The highest BCUT2D eigenvalue weighted by atomic mass is 35.5. The lowest BCUT2D eigenvalue weighted by atomic mass is 9.99. The summed E-state index contributed by atoms with van der Waals surface area (Å²) < 4.78 is 0. The first-order valence-corrected chi connectivity index (χ1v) is 10.3. The molecule has 0 bridgehead atoms. The molecule has 4 rings (SSSR count). The minimum atomic E-state index is -0.923. The number of urea groups is 1. The summed E-state index contributed by atoms with van der Waals surface area (Å²) >= 11 is 0. The summed E-state index contributed by atoms with van der Waals surface area (Å²) in [6, 6.07) is 24.5. The second-order valence-electron chi connectivity index (χ2n) is 7.71. The van der Waals surface area contributed by atoms with Crippen LogP contribution in [0.2, 0.25) is 0 Å². The van der Waals surface area contributed by atoms with E-state index in [0.29, 0.717) is 12.1 Å². The first kappa shape index (κ1) is 23.8. The van der Waals surface area contributed by atoms with Crippen molar-refractivity contribution in [3.05, 3.63) is 90.0 Å². The van der Waals surface area contributed by atoms with Crippen LogP contribution in [0.5, 0.6) is 0 Å². The number of hydrogen-bond acceptors (Lipinski definition) is 3. The van der Waals surface area contributed by atoms with Crippen LogP contribution in [-0.4, -0.2) is 40.9 Å². The van der Waals surface area contributed by atoms with Crippen molar-refractivity contribution in [2.24, 2.45) is 5.73 Å². The maximum Gasteiger partial charge on any atom is 0.325 e. The van der Waals surface area contributed by atoms with Crippen LogP contribution < -0.4 is 10.6 Å². The van der Waals surface area contributed by atoms with E-state index in [1.165, 1.54) is 0 Å². The molecule has 1 aliphatic rings. The molecule has 1 fully saturated rings. The summed E-state index contributed by atoms with van der Waals surface area (Å²) in [7, 11) is 0. The van der Waals surface area contributed by atoms with Gasteiger partial charge >= 0.3 is 12.0 Å². The summed E-state index contributed by atoms with van der Waals surface area (Å²) in [6.45, 7) is 0.599. The molecule has 3 aromatic rings. The summed E-state index contributed by atoms with van der Waals surface area (Å²) in [5, 5.41) is 16.6. The number of carboxylic acids is 1. The standard InChI is InChI=1S/C25H24N4O3.ClH/c26-24(27)20-12-8-18(9-13-20)17-6-10-19(11-7-17)22-16-28(15-14-23(30)31)25(32)29(22)21-4-2-1-3-5-21;/h1-13,22H,14-16H2,(H3,26,27)(H,30,31);1H. The number of carbonyl (C=O) groups excluding carboxylic acids is 1. The van der Waals surface area contributed by atoms with Crippen LogP contribution in [0.15, 0.2) is 78.9 Å². The van der Waals surface area contributed by atoms with Gasteiger partial charge in [-0.3, -0.25) is 15.1 Å². The average molecular weight is 465 g/mol. The number of carbonyl (C=O) groups is 2. The molecule has 4 N–H and O–H groups in total. The van der Waals surface area contributed by atoms with Gasteiger partial charge < -0.3 is 15.7 Å². The molecule has 2 amide bonds. The van der Waals surface area contributed by atoms with Gasteiger partial charge in [0.1, 0.15) is 5.84 Å². The fourth-order valence-electron chi connectivity index (χ4n) is 3.95. The zero-order valence-electron chi connectivity index (χ0n) is 17.8. The number of carboxylic acid groups (broad SMARTS) is 1. The number of nitrogens with two attached hydrogens (primary N) is 1. The molecule has 1 saturated heterocycles. The second-order valence-corrected chi connectivity index (χ2v) is 7.71. The number of nitrogens with zero attached hydrogens (tertiary/aromatic N) is 2. The van der Waals surface area contributed by atoms with E-state index in [4.69, 9.17) is 16.2 Å². The number of amides is 2. The van der Waals surface area contributed by atoms with Crippen molar-refractivity contribution in [3.63, 3.8) is 0 Å². The fourth-order valence-corrected chi connectivity index (χ4v) is 3.95. The SMILES string of the molecule is Cl.N=C(N)c1ccc(-c2ccc(C3CN(CCC(=O)O)C(=O)N3c3ccccc3)cc2)cc1. The Kier molecular flexibility index (Phi) is 7.35. The van der Waals surface area contributed by atoms with Gasteiger partial charge in [0, 0.05) is 24.3 Å². The number of nitrogens with one attached hydrogen (secondary N) is 1. The Morgan fingerprint density at radius 3 is 2.09 bits per heavy atom. The summed E-state index contributed by atoms with van der Waals surface area (Å²) in [6.07, 6.45) is -0.0870. The minimum absolute atomic E-state index is 0. The molecular formula is C25H25ClN4O3. The lowest BCUT2D eigenvalue weighted by Gasteiger charge is -2.24. The number of para-hydroxylation sites is 1. The van der Waals surface area contributed by atoms with Gasteiger partial charge in [-0.15, -0.1) is 12.4 Å². The molecule has 1 atom stereocenters. The van der Waals surface area contributed by atoms with Gasteiger partial charge in [-0.1, -0.05) is 66.7 Å². The number of aliphatic carboxylic acids is 1. The normalized spacial score (nSPS) is 15.3. The average Bonchev–Trinajstić information content (AvgIpc) is 3.14. The van der Waals surface area contributed by atoms with Crippen molar-refractivity contribution in [1.29, 1.82) is 5.41 Å². The summed E-state index contributed by atoms with van der Waals surface area (Å²) in [5.74, 6) is -0.890. The second kappa shape index (κ2) is 10.2. The van der Waals surface area contributed by atoms with Crippen LogP contribution in [0.1, 0.15) is 23.6 Å². The zero-order chi connectivity index (χ0) is 22.7.